The van der Waals surface area contributed by atoms with Crippen LogP contribution in [0.25, 0.3) is 0 Å². The minimum atomic E-state index is -0.579. The number of halogens is 1. The number of nitrogens with one attached hydrogen (secondary N) is 1. The third-order valence-electron chi connectivity index (χ3n) is 2.85. The van der Waals surface area contributed by atoms with Crippen LogP contribution in [-0.2, 0) is 11.2 Å². The highest BCUT2D eigenvalue weighted by molar-refractivity contribution is 5.76. The summed E-state index contributed by atoms with van der Waals surface area (Å²) in [6, 6.07) is 6.79. The maximum absolute atomic E-state index is 12.3. The number of hydrogen-bond acceptors (Lipinski definition) is 4. The highest BCUT2D eigenvalue weighted by atomic mass is 19.1. The molecule has 0 saturated carbocycles. The van der Waals surface area contributed by atoms with Crippen molar-refractivity contribution in [2.24, 2.45) is 0 Å². The van der Waals surface area contributed by atoms with Crippen LogP contribution in [0.2, 0.25) is 0 Å². The Balaban J connectivity index is 2.67. The zero-order valence-corrected chi connectivity index (χ0v) is 12.9. The molecule has 1 unspecified atom stereocenters. The molecule has 1 N–H and O–H groups in total. The first-order valence-corrected chi connectivity index (χ1v) is 7.24. The lowest BCUT2D eigenvalue weighted by molar-refractivity contribution is -0.121. The van der Waals surface area contributed by atoms with Crippen LogP contribution in [0, 0.1) is 11.3 Å². The van der Waals surface area contributed by atoms with E-state index >= 15 is 0 Å². The Hall–Kier alpha value is -2.29. The summed E-state index contributed by atoms with van der Waals surface area (Å²) < 4.78 is 23.0. The lowest BCUT2D eigenvalue weighted by atomic mass is 10.1. The third kappa shape index (κ3) is 6.00. The lowest BCUT2D eigenvalue weighted by Crippen LogP contribution is -2.31. The summed E-state index contributed by atoms with van der Waals surface area (Å²) in [4.78, 5) is 11.6. The van der Waals surface area contributed by atoms with Gasteiger partial charge < -0.3 is 14.8 Å². The summed E-state index contributed by atoms with van der Waals surface area (Å²) >= 11 is 0. The van der Waals surface area contributed by atoms with E-state index < -0.39 is 12.7 Å². The minimum absolute atomic E-state index is 0.0380. The molecule has 1 amide bonds. The summed E-state index contributed by atoms with van der Waals surface area (Å²) in [5.74, 6) is 0.846. The van der Waals surface area contributed by atoms with Gasteiger partial charge in [-0.25, -0.2) is 4.39 Å². The maximum atomic E-state index is 12.3. The maximum Gasteiger partial charge on any atom is 0.221 e. The first-order chi connectivity index (χ1) is 10.6. The number of benzene rings is 1. The summed E-state index contributed by atoms with van der Waals surface area (Å²) in [7, 11) is 0. The quantitative estimate of drug-likeness (QED) is 0.760. The molecular formula is C16H21FN2O3. The van der Waals surface area contributed by atoms with E-state index in [2.05, 4.69) is 5.32 Å². The number of carbonyl (C=O) groups is 1. The Bertz CT molecular complexity index is 529. The summed E-state index contributed by atoms with van der Waals surface area (Å²) in [6.45, 7) is 3.35. The van der Waals surface area contributed by atoms with E-state index in [1.54, 1.807) is 19.1 Å². The summed E-state index contributed by atoms with van der Waals surface area (Å²) in [5.41, 5.74) is 0.886. The molecule has 6 heteroatoms. The monoisotopic (exact) mass is 308 g/mol. The molecule has 0 heterocycles. The predicted molar refractivity (Wildman–Crippen MR) is 80.6 cm³/mol. The molecule has 0 spiro atoms. The van der Waals surface area contributed by atoms with E-state index in [4.69, 9.17) is 14.7 Å². The van der Waals surface area contributed by atoms with E-state index in [0.717, 1.165) is 5.56 Å². The number of nitrogens with zero attached hydrogens (tertiary/aromatic N) is 1. The summed E-state index contributed by atoms with van der Waals surface area (Å²) in [5, 5.41) is 11.2. The van der Waals surface area contributed by atoms with Gasteiger partial charge in [-0.1, -0.05) is 6.07 Å². The summed E-state index contributed by atoms with van der Waals surface area (Å²) in [6.07, 6.45) is 0.769. The molecule has 5 nitrogen and oxygen atoms in total. The van der Waals surface area contributed by atoms with Gasteiger partial charge in [0, 0.05) is 6.42 Å². The Morgan fingerprint density at radius 2 is 2.18 bits per heavy atom. The molecule has 0 aliphatic rings. The van der Waals surface area contributed by atoms with Gasteiger partial charge in [-0.15, -0.1) is 0 Å². The topological polar surface area (TPSA) is 71.3 Å². The van der Waals surface area contributed by atoms with Crippen LogP contribution in [0.1, 0.15) is 25.8 Å². The molecule has 1 rings (SSSR count). The number of hydrogen-bond donors (Lipinski definition) is 1. The van der Waals surface area contributed by atoms with Gasteiger partial charge in [-0.3, -0.25) is 4.79 Å². The Morgan fingerprint density at radius 3 is 2.82 bits per heavy atom. The van der Waals surface area contributed by atoms with Crippen molar-refractivity contribution in [2.45, 2.75) is 32.7 Å². The molecule has 1 aromatic rings. The van der Waals surface area contributed by atoms with Gasteiger partial charge in [0.25, 0.3) is 0 Å². The molecule has 0 bridgehead atoms. The van der Waals surface area contributed by atoms with Gasteiger partial charge in [-0.05, 0) is 38.0 Å². The first-order valence-electron chi connectivity index (χ1n) is 7.24. The molecule has 1 aromatic carbocycles. The average Bonchev–Trinajstić information content (AvgIpc) is 2.52. The van der Waals surface area contributed by atoms with Crippen molar-refractivity contribution in [3.05, 3.63) is 23.8 Å². The van der Waals surface area contributed by atoms with Gasteiger partial charge in [-0.2, -0.15) is 5.26 Å². The highest BCUT2D eigenvalue weighted by Crippen LogP contribution is 2.29. The van der Waals surface area contributed by atoms with E-state index in [0.29, 0.717) is 24.5 Å². The van der Waals surface area contributed by atoms with Gasteiger partial charge in [0.05, 0.1) is 12.7 Å². The van der Waals surface area contributed by atoms with E-state index in [9.17, 15) is 9.18 Å². The predicted octanol–water partition coefficient (Wildman–Crippen LogP) is 2.39. The number of carbonyl (C=O) groups excluding carboxylic acids is 1. The van der Waals surface area contributed by atoms with Crippen LogP contribution < -0.4 is 14.8 Å². The first kappa shape index (κ1) is 17.8. The van der Waals surface area contributed by atoms with Crippen LogP contribution in [0.15, 0.2) is 18.2 Å². The van der Waals surface area contributed by atoms with Crippen molar-refractivity contribution in [2.75, 3.05) is 19.9 Å². The fourth-order valence-corrected chi connectivity index (χ4v) is 1.85. The zero-order valence-electron chi connectivity index (χ0n) is 12.9. The van der Waals surface area contributed by atoms with Crippen molar-refractivity contribution < 1.29 is 18.7 Å². The molecule has 1 atom stereocenters. The number of aryl methyl sites for hydroxylation is 1. The molecule has 0 aliphatic carbocycles. The van der Waals surface area contributed by atoms with Crippen molar-refractivity contribution >= 4 is 5.91 Å². The lowest BCUT2D eigenvalue weighted by Gasteiger charge is -2.13. The normalized spacial score (nSPS) is 11.4. The molecule has 0 aromatic heterocycles. The van der Waals surface area contributed by atoms with Crippen LogP contribution in [-0.4, -0.2) is 31.8 Å². The van der Waals surface area contributed by atoms with Crippen LogP contribution >= 0.6 is 0 Å². The largest absolute Gasteiger partial charge is 0.490 e. The van der Waals surface area contributed by atoms with Crippen LogP contribution in [0.3, 0.4) is 0 Å². The molecule has 22 heavy (non-hydrogen) atoms. The number of alkyl halides is 1. The Kier molecular flexibility index (Phi) is 7.76. The van der Waals surface area contributed by atoms with Gasteiger partial charge >= 0.3 is 0 Å². The van der Waals surface area contributed by atoms with E-state index in [1.165, 1.54) is 0 Å². The fourth-order valence-electron chi connectivity index (χ4n) is 1.85. The second kappa shape index (κ2) is 9.61. The van der Waals surface area contributed by atoms with Crippen LogP contribution in [0.4, 0.5) is 4.39 Å². The number of rotatable bonds is 9. The van der Waals surface area contributed by atoms with Crippen molar-refractivity contribution in [1.29, 1.82) is 5.26 Å². The van der Waals surface area contributed by atoms with Crippen molar-refractivity contribution in [1.82, 2.24) is 5.32 Å². The van der Waals surface area contributed by atoms with Crippen molar-refractivity contribution in [3.63, 3.8) is 0 Å². The zero-order chi connectivity index (χ0) is 16.4. The van der Waals surface area contributed by atoms with Crippen molar-refractivity contribution in [3.8, 4) is 17.6 Å². The third-order valence-corrected chi connectivity index (χ3v) is 2.85. The molecule has 0 saturated heterocycles. The second-order valence-electron chi connectivity index (χ2n) is 4.67. The number of ether oxygens (including phenoxy) is 2. The smallest absolute Gasteiger partial charge is 0.221 e. The standard InChI is InChI=1S/C16H21FN2O3/c1-3-21-14-6-4-13(10-15(14)22-9-8-17)5-7-16(20)19-12(2)11-18/h4,6,10,12H,3,5,7-9H2,1-2H3,(H,19,20). The van der Waals surface area contributed by atoms with Gasteiger partial charge in [0.2, 0.25) is 5.91 Å². The molecule has 0 radical (unpaired) electrons. The number of nitriles is 1. The molecular weight excluding hydrogens is 287 g/mol. The average molecular weight is 308 g/mol. The minimum Gasteiger partial charge on any atom is -0.490 e. The Labute approximate surface area is 130 Å². The SMILES string of the molecule is CCOc1ccc(CCC(=O)NC(C)C#N)cc1OCCF. The fraction of sp³-hybridized carbons (Fsp3) is 0.500. The molecule has 120 valence electrons. The van der Waals surface area contributed by atoms with Gasteiger partial charge in [0.1, 0.15) is 19.3 Å². The highest BCUT2D eigenvalue weighted by Gasteiger charge is 2.09. The molecule has 0 fully saturated rings. The second-order valence-corrected chi connectivity index (χ2v) is 4.67. The van der Waals surface area contributed by atoms with E-state index in [1.807, 2.05) is 19.1 Å². The Morgan fingerprint density at radius 1 is 1.41 bits per heavy atom. The van der Waals surface area contributed by atoms with E-state index in [-0.39, 0.29) is 18.9 Å². The van der Waals surface area contributed by atoms with Crippen LogP contribution in [0.5, 0.6) is 11.5 Å². The molecule has 0 aliphatic heterocycles. The number of amides is 1. The van der Waals surface area contributed by atoms with Gasteiger partial charge in [0.15, 0.2) is 11.5 Å².